The Morgan fingerprint density at radius 1 is 1.28 bits per heavy atom. The minimum atomic E-state index is -0.371. The van der Waals surface area contributed by atoms with Crippen LogP contribution in [0.2, 0.25) is 0 Å². The summed E-state index contributed by atoms with van der Waals surface area (Å²) in [5, 5.41) is 2.98. The molecule has 1 fully saturated rings. The van der Waals surface area contributed by atoms with Crippen LogP contribution in [-0.4, -0.2) is 34.2 Å². The quantitative estimate of drug-likeness (QED) is 0.793. The molecule has 8 heteroatoms. The fourth-order valence-electron chi connectivity index (χ4n) is 2.83. The van der Waals surface area contributed by atoms with Crippen molar-refractivity contribution in [1.82, 2.24) is 14.9 Å². The van der Waals surface area contributed by atoms with Crippen LogP contribution in [0.3, 0.4) is 0 Å². The molecule has 1 aromatic heterocycles. The van der Waals surface area contributed by atoms with Gasteiger partial charge < -0.3 is 20.4 Å². The molecule has 1 aromatic carbocycles. The van der Waals surface area contributed by atoms with Gasteiger partial charge in [0.2, 0.25) is 5.91 Å². The first-order chi connectivity index (χ1) is 11.3. The Hall–Kier alpha value is -1.60. The number of amides is 1. The first-order valence-electron chi connectivity index (χ1n) is 7.92. The van der Waals surface area contributed by atoms with Gasteiger partial charge in [-0.1, -0.05) is 24.3 Å². The SMILES string of the molecule is Cl.Cl.NC[C@H]1CC[C@@H](C(=O)NCc2ccccc2Cn2ccnc2)O1. The van der Waals surface area contributed by atoms with Crippen LogP contribution in [0.15, 0.2) is 43.0 Å². The predicted molar refractivity (Wildman–Crippen MR) is 101 cm³/mol. The standard InChI is InChI=1S/C17H22N4O2.2ClH/c18-9-15-5-6-16(23-15)17(22)20-10-13-3-1-2-4-14(13)11-21-8-7-19-12-21;;/h1-4,7-8,12,15-16H,5-6,9-11,18H2,(H,20,22);2*1H/t15-,16+;;/m1../s1. The number of benzene rings is 1. The molecule has 0 bridgehead atoms. The van der Waals surface area contributed by atoms with Crippen molar-refractivity contribution in [3.05, 3.63) is 54.1 Å². The lowest BCUT2D eigenvalue weighted by molar-refractivity contribution is -0.132. The van der Waals surface area contributed by atoms with Crippen LogP contribution in [0.1, 0.15) is 24.0 Å². The molecule has 0 aliphatic carbocycles. The van der Waals surface area contributed by atoms with Crippen LogP contribution >= 0.6 is 24.8 Å². The molecule has 25 heavy (non-hydrogen) atoms. The van der Waals surface area contributed by atoms with E-state index in [9.17, 15) is 4.79 Å². The van der Waals surface area contributed by atoms with Gasteiger partial charge in [-0.2, -0.15) is 0 Å². The van der Waals surface area contributed by atoms with E-state index in [4.69, 9.17) is 10.5 Å². The minimum Gasteiger partial charge on any atom is -0.364 e. The average Bonchev–Trinajstić information content (AvgIpc) is 3.25. The number of aromatic nitrogens is 2. The van der Waals surface area contributed by atoms with E-state index in [0.717, 1.165) is 30.5 Å². The van der Waals surface area contributed by atoms with E-state index in [2.05, 4.69) is 16.4 Å². The van der Waals surface area contributed by atoms with Gasteiger partial charge in [-0.05, 0) is 24.0 Å². The van der Waals surface area contributed by atoms with Crippen molar-refractivity contribution in [3.63, 3.8) is 0 Å². The zero-order chi connectivity index (χ0) is 16.1. The summed E-state index contributed by atoms with van der Waals surface area (Å²) in [7, 11) is 0. The van der Waals surface area contributed by atoms with Gasteiger partial charge in [0.25, 0.3) is 0 Å². The highest BCUT2D eigenvalue weighted by atomic mass is 35.5. The van der Waals surface area contributed by atoms with E-state index in [1.807, 2.05) is 29.0 Å². The summed E-state index contributed by atoms with van der Waals surface area (Å²) in [6.45, 7) is 1.70. The fourth-order valence-corrected chi connectivity index (χ4v) is 2.83. The molecule has 1 amide bonds. The molecule has 3 N–H and O–H groups in total. The number of halogens is 2. The molecule has 0 saturated carbocycles. The number of rotatable bonds is 6. The molecule has 0 spiro atoms. The molecule has 2 heterocycles. The van der Waals surface area contributed by atoms with Crippen molar-refractivity contribution in [2.24, 2.45) is 5.73 Å². The van der Waals surface area contributed by atoms with Crippen molar-refractivity contribution in [2.75, 3.05) is 6.54 Å². The van der Waals surface area contributed by atoms with Crippen LogP contribution < -0.4 is 11.1 Å². The predicted octanol–water partition coefficient (Wildman–Crippen LogP) is 1.90. The van der Waals surface area contributed by atoms with Crippen LogP contribution in [0.4, 0.5) is 0 Å². The molecule has 0 unspecified atom stereocenters. The molecule has 1 aliphatic rings. The Balaban J connectivity index is 0.00000156. The first kappa shape index (κ1) is 21.4. The highest BCUT2D eigenvalue weighted by Gasteiger charge is 2.29. The second kappa shape index (κ2) is 10.4. The van der Waals surface area contributed by atoms with Gasteiger partial charge in [0, 0.05) is 32.0 Å². The molecular formula is C17H24Cl2N4O2. The summed E-state index contributed by atoms with van der Waals surface area (Å²) in [6.07, 6.45) is 6.71. The Kier molecular flexibility index (Phi) is 8.92. The molecule has 3 rings (SSSR count). The lowest BCUT2D eigenvalue weighted by atomic mass is 10.1. The lowest BCUT2D eigenvalue weighted by Gasteiger charge is -2.14. The van der Waals surface area contributed by atoms with E-state index in [1.165, 1.54) is 0 Å². The molecule has 1 saturated heterocycles. The van der Waals surface area contributed by atoms with Crippen molar-refractivity contribution >= 4 is 30.7 Å². The lowest BCUT2D eigenvalue weighted by Crippen LogP contribution is -2.35. The highest BCUT2D eigenvalue weighted by molar-refractivity contribution is 5.85. The fraction of sp³-hybridized carbons (Fsp3) is 0.412. The minimum absolute atomic E-state index is 0. The third kappa shape index (κ3) is 5.71. The molecular weight excluding hydrogens is 363 g/mol. The number of hydrogen-bond donors (Lipinski definition) is 2. The van der Waals surface area contributed by atoms with Crippen LogP contribution in [0.25, 0.3) is 0 Å². The van der Waals surface area contributed by atoms with Crippen molar-refractivity contribution < 1.29 is 9.53 Å². The third-order valence-electron chi connectivity index (χ3n) is 4.15. The van der Waals surface area contributed by atoms with E-state index in [-0.39, 0.29) is 42.9 Å². The maximum absolute atomic E-state index is 12.2. The molecule has 6 nitrogen and oxygen atoms in total. The Morgan fingerprint density at radius 3 is 2.68 bits per heavy atom. The monoisotopic (exact) mass is 386 g/mol. The second-order valence-electron chi connectivity index (χ2n) is 5.78. The van der Waals surface area contributed by atoms with Crippen LogP contribution in [-0.2, 0) is 22.6 Å². The summed E-state index contributed by atoms with van der Waals surface area (Å²) in [6, 6.07) is 8.08. The number of carbonyl (C=O) groups is 1. The normalized spacial score (nSPS) is 18.9. The Labute approximate surface area is 160 Å². The number of hydrogen-bond acceptors (Lipinski definition) is 4. The van der Waals surface area contributed by atoms with Gasteiger partial charge in [-0.3, -0.25) is 4.79 Å². The maximum Gasteiger partial charge on any atom is 0.249 e. The van der Waals surface area contributed by atoms with Crippen LogP contribution in [0.5, 0.6) is 0 Å². The smallest absolute Gasteiger partial charge is 0.249 e. The largest absolute Gasteiger partial charge is 0.364 e. The Morgan fingerprint density at radius 2 is 2.04 bits per heavy atom. The second-order valence-corrected chi connectivity index (χ2v) is 5.78. The Bertz CT molecular complexity index is 652. The van der Waals surface area contributed by atoms with Crippen molar-refractivity contribution in [3.8, 4) is 0 Å². The highest BCUT2D eigenvalue weighted by Crippen LogP contribution is 2.19. The number of ether oxygens (including phenoxy) is 1. The number of carbonyl (C=O) groups excluding carboxylic acids is 1. The maximum atomic E-state index is 12.2. The van der Waals surface area contributed by atoms with Crippen molar-refractivity contribution in [1.29, 1.82) is 0 Å². The zero-order valence-corrected chi connectivity index (χ0v) is 15.5. The van der Waals surface area contributed by atoms with E-state index in [0.29, 0.717) is 13.1 Å². The van der Waals surface area contributed by atoms with Gasteiger partial charge >= 0.3 is 0 Å². The van der Waals surface area contributed by atoms with E-state index >= 15 is 0 Å². The number of nitrogens with zero attached hydrogens (tertiary/aromatic N) is 2. The summed E-state index contributed by atoms with van der Waals surface area (Å²) < 4.78 is 7.63. The van der Waals surface area contributed by atoms with Gasteiger partial charge in [-0.15, -0.1) is 24.8 Å². The summed E-state index contributed by atoms with van der Waals surface area (Å²) >= 11 is 0. The van der Waals surface area contributed by atoms with Gasteiger partial charge in [0.05, 0.1) is 12.4 Å². The molecule has 2 aromatic rings. The zero-order valence-electron chi connectivity index (χ0n) is 13.8. The summed E-state index contributed by atoms with van der Waals surface area (Å²) in [5.74, 6) is -0.0571. The summed E-state index contributed by atoms with van der Waals surface area (Å²) in [5.41, 5.74) is 7.85. The summed E-state index contributed by atoms with van der Waals surface area (Å²) in [4.78, 5) is 16.3. The molecule has 1 aliphatic heterocycles. The molecule has 138 valence electrons. The topological polar surface area (TPSA) is 82.2 Å². The van der Waals surface area contributed by atoms with Gasteiger partial charge in [-0.25, -0.2) is 4.98 Å². The van der Waals surface area contributed by atoms with Gasteiger partial charge in [0.1, 0.15) is 6.10 Å². The first-order valence-corrected chi connectivity index (χ1v) is 7.92. The average molecular weight is 387 g/mol. The van der Waals surface area contributed by atoms with E-state index in [1.54, 1.807) is 12.5 Å². The number of nitrogens with one attached hydrogen (secondary N) is 1. The molecule has 2 atom stereocenters. The molecule has 0 radical (unpaired) electrons. The van der Waals surface area contributed by atoms with Gasteiger partial charge in [0.15, 0.2) is 0 Å². The van der Waals surface area contributed by atoms with Crippen LogP contribution in [0, 0.1) is 0 Å². The number of nitrogens with two attached hydrogens (primary N) is 1. The van der Waals surface area contributed by atoms with E-state index < -0.39 is 0 Å². The van der Waals surface area contributed by atoms with Crippen molar-refractivity contribution in [2.45, 2.75) is 38.1 Å². The third-order valence-corrected chi connectivity index (χ3v) is 4.15. The number of imidazole rings is 1.